The van der Waals surface area contributed by atoms with Crippen molar-refractivity contribution in [3.8, 4) is 0 Å². The van der Waals surface area contributed by atoms with Crippen LogP contribution in [0.1, 0.15) is 5.82 Å². The lowest BCUT2D eigenvalue weighted by Crippen LogP contribution is -2.04. The Morgan fingerprint density at radius 1 is 1.86 bits per heavy atom. The van der Waals surface area contributed by atoms with Crippen LogP contribution in [0, 0.1) is 10.1 Å². The van der Waals surface area contributed by atoms with Crippen LogP contribution in [0.25, 0.3) is 0 Å². The third kappa shape index (κ3) is 2.19. The van der Waals surface area contributed by atoms with Crippen molar-refractivity contribution in [3.63, 3.8) is 0 Å². The molecule has 14 heavy (non-hydrogen) atoms. The summed E-state index contributed by atoms with van der Waals surface area (Å²) in [5.41, 5.74) is -0.976. The second-order valence-corrected chi connectivity index (χ2v) is 2.68. The van der Waals surface area contributed by atoms with Crippen LogP contribution >= 0.6 is 11.6 Å². The fraction of sp³-hybridized carbons (Fsp3) is 0.333. The van der Waals surface area contributed by atoms with Crippen molar-refractivity contribution >= 4 is 22.8 Å². The first kappa shape index (κ1) is 10.5. The molecule has 0 saturated heterocycles. The predicted molar refractivity (Wildman–Crippen MR) is 45.9 cm³/mol. The lowest BCUT2D eigenvalue weighted by Gasteiger charge is -1.97. The van der Waals surface area contributed by atoms with Crippen LogP contribution in [0.2, 0.25) is 0 Å². The molecule has 0 aliphatic heterocycles. The average molecular weight is 220 g/mol. The third-order valence-electron chi connectivity index (χ3n) is 1.56. The first-order valence-corrected chi connectivity index (χ1v) is 3.87. The van der Waals surface area contributed by atoms with Crippen LogP contribution in [-0.4, -0.2) is 19.9 Å². The summed E-state index contributed by atoms with van der Waals surface area (Å²) in [5.74, 6) is 0.0799. The van der Waals surface area contributed by atoms with Crippen molar-refractivity contribution in [2.24, 2.45) is 7.05 Å². The Morgan fingerprint density at radius 3 is 2.93 bits per heavy atom. The monoisotopic (exact) mass is 219 g/mol. The van der Waals surface area contributed by atoms with E-state index in [1.165, 1.54) is 11.6 Å². The van der Waals surface area contributed by atoms with Gasteiger partial charge in [-0.25, -0.2) is 14.3 Å². The van der Waals surface area contributed by atoms with Gasteiger partial charge in [-0.2, -0.15) is 0 Å². The van der Waals surface area contributed by atoms with Crippen molar-refractivity contribution in [2.45, 2.75) is 6.61 Å². The Hall–Kier alpha value is -1.63. The van der Waals surface area contributed by atoms with Crippen molar-refractivity contribution < 1.29 is 14.5 Å². The molecule has 7 nitrogen and oxygen atoms in total. The molecule has 0 radical (unpaired) electrons. The van der Waals surface area contributed by atoms with E-state index in [2.05, 4.69) is 9.72 Å². The molecule has 0 aliphatic rings. The number of nitrogens with zero attached hydrogens (tertiary/aromatic N) is 3. The fourth-order valence-corrected chi connectivity index (χ4v) is 0.917. The summed E-state index contributed by atoms with van der Waals surface area (Å²) in [7, 11) is 1.45. The van der Waals surface area contributed by atoms with E-state index in [4.69, 9.17) is 11.6 Å². The van der Waals surface area contributed by atoms with E-state index < -0.39 is 10.4 Å². The Labute approximate surface area is 83.4 Å². The zero-order chi connectivity index (χ0) is 10.7. The summed E-state index contributed by atoms with van der Waals surface area (Å²) in [6.45, 7) is -0.188. The Morgan fingerprint density at radius 2 is 2.50 bits per heavy atom. The number of carbonyl (C=O) groups excluding carboxylic acids is 1. The molecule has 0 unspecified atom stereocenters. The Balaban J connectivity index is 2.79. The lowest BCUT2D eigenvalue weighted by molar-refractivity contribution is -0.391. The van der Waals surface area contributed by atoms with Gasteiger partial charge in [0.25, 0.3) is 0 Å². The molecule has 0 bridgehead atoms. The molecule has 0 amide bonds. The molecule has 0 atom stereocenters. The van der Waals surface area contributed by atoms with Gasteiger partial charge in [0.2, 0.25) is 5.82 Å². The molecule has 1 aromatic heterocycles. The smallest absolute Gasteiger partial charge is 0.404 e. The topological polar surface area (TPSA) is 87.3 Å². The normalized spacial score (nSPS) is 9.86. The highest BCUT2D eigenvalue weighted by Crippen LogP contribution is 2.12. The van der Waals surface area contributed by atoms with Crippen molar-refractivity contribution in [1.29, 1.82) is 0 Å². The molecule has 0 N–H and O–H groups in total. The summed E-state index contributed by atoms with van der Waals surface area (Å²) in [5, 5.41) is 10.4. The number of hydrogen-bond donors (Lipinski definition) is 0. The van der Waals surface area contributed by atoms with E-state index in [1.54, 1.807) is 0 Å². The zero-order valence-corrected chi connectivity index (χ0v) is 7.89. The van der Waals surface area contributed by atoms with Crippen LogP contribution in [0.3, 0.4) is 0 Å². The SMILES string of the molecule is Cn1c([N+](=O)[O-])cnc1COC(=O)Cl. The Bertz CT molecular complexity index is 375. The fourth-order valence-electron chi connectivity index (χ4n) is 0.863. The maximum Gasteiger partial charge on any atom is 0.404 e. The van der Waals surface area contributed by atoms with Gasteiger partial charge < -0.3 is 14.9 Å². The largest absolute Gasteiger partial charge is 0.443 e. The average Bonchev–Trinajstić information content (AvgIpc) is 2.43. The molecule has 0 saturated carbocycles. The number of halogens is 1. The molecule has 1 heterocycles. The summed E-state index contributed by atoms with van der Waals surface area (Å²) < 4.78 is 5.63. The Kier molecular flexibility index (Phi) is 3.03. The highest BCUT2D eigenvalue weighted by Gasteiger charge is 2.16. The minimum atomic E-state index is -0.976. The number of nitro groups is 1. The molecule has 0 spiro atoms. The van der Waals surface area contributed by atoms with Crippen LogP contribution < -0.4 is 0 Å². The van der Waals surface area contributed by atoms with Crippen LogP contribution in [0.15, 0.2) is 6.20 Å². The second-order valence-electron chi connectivity index (χ2n) is 2.38. The van der Waals surface area contributed by atoms with Gasteiger partial charge in [-0.1, -0.05) is 0 Å². The molecule has 0 fully saturated rings. The van der Waals surface area contributed by atoms with E-state index in [0.717, 1.165) is 6.20 Å². The molecule has 8 heteroatoms. The number of imidazole rings is 1. The molecule has 1 rings (SSSR count). The number of carbonyl (C=O) groups is 1. The van der Waals surface area contributed by atoms with Crippen LogP contribution in [0.5, 0.6) is 0 Å². The van der Waals surface area contributed by atoms with E-state index in [0.29, 0.717) is 0 Å². The van der Waals surface area contributed by atoms with Crippen molar-refractivity contribution in [1.82, 2.24) is 9.55 Å². The standard InChI is InChI=1S/C6H6ClN3O4/c1-9-4(3-14-6(7)11)8-2-5(9)10(12)13/h2H,3H2,1H3. The minimum Gasteiger partial charge on any atom is -0.443 e. The summed E-state index contributed by atoms with van der Waals surface area (Å²) in [6, 6.07) is 0. The summed E-state index contributed by atoms with van der Waals surface area (Å²) in [4.78, 5) is 23.7. The van der Waals surface area contributed by atoms with Gasteiger partial charge in [0.15, 0.2) is 6.61 Å². The predicted octanol–water partition coefficient (Wildman–Crippen LogP) is 1.20. The van der Waals surface area contributed by atoms with Gasteiger partial charge >= 0.3 is 11.2 Å². The molecule has 1 aromatic rings. The summed E-state index contributed by atoms with van der Waals surface area (Å²) >= 11 is 4.92. The van der Waals surface area contributed by atoms with E-state index >= 15 is 0 Å². The van der Waals surface area contributed by atoms with Crippen molar-refractivity contribution in [3.05, 3.63) is 22.1 Å². The van der Waals surface area contributed by atoms with Gasteiger partial charge in [-0.05, 0) is 4.92 Å². The highest BCUT2D eigenvalue weighted by atomic mass is 35.5. The van der Waals surface area contributed by atoms with Crippen LogP contribution in [0.4, 0.5) is 10.6 Å². The van der Waals surface area contributed by atoms with E-state index in [1.807, 2.05) is 0 Å². The molecular weight excluding hydrogens is 214 g/mol. The quantitative estimate of drug-likeness (QED) is 0.433. The number of hydrogen-bond acceptors (Lipinski definition) is 5. The molecule has 0 aromatic carbocycles. The van der Waals surface area contributed by atoms with Gasteiger partial charge in [-0.15, -0.1) is 0 Å². The van der Waals surface area contributed by atoms with Gasteiger partial charge in [0, 0.05) is 11.6 Å². The lowest BCUT2D eigenvalue weighted by atomic mass is 10.6. The van der Waals surface area contributed by atoms with E-state index in [-0.39, 0.29) is 18.2 Å². The van der Waals surface area contributed by atoms with Gasteiger partial charge in [-0.3, -0.25) is 0 Å². The highest BCUT2D eigenvalue weighted by molar-refractivity contribution is 6.61. The van der Waals surface area contributed by atoms with Gasteiger partial charge in [0.05, 0.1) is 7.05 Å². The summed E-state index contributed by atoms with van der Waals surface area (Å²) in [6.07, 6.45) is 1.08. The third-order valence-corrected chi connectivity index (χ3v) is 1.67. The molecule has 0 aliphatic carbocycles. The minimum absolute atomic E-state index is 0.175. The zero-order valence-electron chi connectivity index (χ0n) is 7.14. The maximum absolute atomic E-state index is 10.4. The number of ether oxygens (including phenoxy) is 1. The first-order chi connectivity index (χ1) is 6.52. The van der Waals surface area contributed by atoms with Gasteiger partial charge in [0.1, 0.15) is 6.20 Å². The number of rotatable bonds is 3. The van der Waals surface area contributed by atoms with Crippen LogP contribution in [-0.2, 0) is 18.4 Å². The maximum atomic E-state index is 10.4. The molecule has 76 valence electrons. The van der Waals surface area contributed by atoms with Crippen molar-refractivity contribution in [2.75, 3.05) is 0 Å². The molecular formula is C6H6ClN3O4. The van der Waals surface area contributed by atoms with E-state index in [9.17, 15) is 14.9 Å². The second kappa shape index (κ2) is 4.05. The first-order valence-electron chi connectivity index (χ1n) is 3.49. The number of aromatic nitrogens is 2.